The van der Waals surface area contributed by atoms with Crippen molar-refractivity contribution in [1.29, 1.82) is 0 Å². The van der Waals surface area contributed by atoms with Gasteiger partial charge in [0.2, 0.25) is 0 Å². The quantitative estimate of drug-likeness (QED) is 0.430. The molecule has 6 nitrogen and oxygen atoms in total. The lowest BCUT2D eigenvalue weighted by molar-refractivity contribution is 0.390. The van der Waals surface area contributed by atoms with Gasteiger partial charge in [-0.25, -0.2) is 15.0 Å². The fourth-order valence-electron chi connectivity index (χ4n) is 3.14. The van der Waals surface area contributed by atoms with Crippen LogP contribution in [0.3, 0.4) is 0 Å². The first-order valence-electron chi connectivity index (χ1n) is 9.19. The number of thiazole rings is 1. The third kappa shape index (κ3) is 3.72. The Kier molecular flexibility index (Phi) is 4.50. The van der Waals surface area contributed by atoms with E-state index in [1.54, 1.807) is 11.3 Å². The zero-order chi connectivity index (χ0) is 19.6. The van der Waals surface area contributed by atoms with Gasteiger partial charge in [0.05, 0.1) is 28.0 Å². The highest BCUT2D eigenvalue weighted by atomic mass is 32.1. The van der Waals surface area contributed by atoms with Gasteiger partial charge >= 0.3 is 0 Å². The zero-order valence-electron chi connectivity index (χ0n) is 15.7. The highest BCUT2D eigenvalue weighted by Crippen LogP contribution is 2.26. The third-order valence-corrected chi connectivity index (χ3v) is 5.33. The van der Waals surface area contributed by atoms with Crippen LogP contribution in [0, 0.1) is 6.92 Å². The summed E-state index contributed by atoms with van der Waals surface area (Å²) in [5.74, 6) is 2.19. The number of hydrogen-bond donors (Lipinski definition) is 1. The largest absolute Gasteiger partial charge is 0.363 e. The summed E-state index contributed by atoms with van der Waals surface area (Å²) in [7, 11) is 0. The standard InChI is InChI=1S/C22H17N5OS/c1-14-25-19(16-7-8-18-21(9-16)29-13-24-18)11-22(26-14)23-12-17-10-20(27-28-17)15-5-3-2-4-6-15/h2-11,13H,12H2,1H3,(H,23,25,26). The molecule has 0 aliphatic carbocycles. The molecule has 3 aromatic heterocycles. The van der Waals surface area contributed by atoms with Crippen LogP contribution in [0.25, 0.3) is 32.7 Å². The number of rotatable bonds is 5. The lowest BCUT2D eigenvalue weighted by Gasteiger charge is -2.07. The van der Waals surface area contributed by atoms with Crippen molar-refractivity contribution in [2.45, 2.75) is 13.5 Å². The van der Waals surface area contributed by atoms with E-state index in [2.05, 4.69) is 31.5 Å². The van der Waals surface area contributed by atoms with Crippen LogP contribution in [0.5, 0.6) is 0 Å². The molecule has 0 atom stereocenters. The number of aryl methyl sites for hydroxylation is 1. The third-order valence-electron chi connectivity index (χ3n) is 4.54. The molecule has 0 saturated heterocycles. The number of benzene rings is 2. The molecular weight excluding hydrogens is 382 g/mol. The van der Waals surface area contributed by atoms with E-state index in [-0.39, 0.29) is 0 Å². The van der Waals surface area contributed by atoms with Crippen LogP contribution < -0.4 is 5.32 Å². The van der Waals surface area contributed by atoms with Gasteiger partial charge in [-0.05, 0) is 19.1 Å². The van der Waals surface area contributed by atoms with Crippen molar-refractivity contribution in [3.63, 3.8) is 0 Å². The summed E-state index contributed by atoms with van der Waals surface area (Å²) in [5.41, 5.74) is 6.62. The summed E-state index contributed by atoms with van der Waals surface area (Å²) >= 11 is 1.62. The van der Waals surface area contributed by atoms with Crippen LogP contribution in [-0.2, 0) is 6.54 Å². The molecule has 0 unspecified atom stereocenters. The van der Waals surface area contributed by atoms with Crippen molar-refractivity contribution in [3.8, 4) is 22.5 Å². The SMILES string of the molecule is Cc1nc(NCc2cc(-c3ccccc3)no2)cc(-c2ccc3ncsc3c2)n1. The Hall–Kier alpha value is -3.58. The number of fused-ring (bicyclic) bond motifs is 1. The van der Waals surface area contributed by atoms with Crippen LogP contribution in [-0.4, -0.2) is 20.1 Å². The summed E-state index contributed by atoms with van der Waals surface area (Å²) in [6.45, 7) is 2.38. The molecule has 0 aliphatic rings. The second-order valence-corrected chi connectivity index (χ2v) is 7.50. The second-order valence-electron chi connectivity index (χ2n) is 6.62. The summed E-state index contributed by atoms with van der Waals surface area (Å²) < 4.78 is 6.61. The van der Waals surface area contributed by atoms with Gasteiger partial charge in [-0.3, -0.25) is 0 Å². The molecular formula is C22H17N5OS. The van der Waals surface area contributed by atoms with E-state index in [4.69, 9.17) is 4.52 Å². The van der Waals surface area contributed by atoms with Gasteiger partial charge in [0.1, 0.15) is 17.3 Å². The average Bonchev–Trinajstić information content (AvgIpc) is 3.41. The van der Waals surface area contributed by atoms with Gasteiger partial charge in [-0.2, -0.15) is 0 Å². The highest BCUT2D eigenvalue weighted by molar-refractivity contribution is 7.16. The first-order chi connectivity index (χ1) is 14.2. The van der Waals surface area contributed by atoms with Crippen molar-refractivity contribution >= 4 is 27.4 Å². The van der Waals surface area contributed by atoms with Gasteiger partial charge in [-0.15, -0.1) is 11.3 Å². The molecule has 1 N–H and O–H groups in total. The maximum atomic E-state index is 5.46. The smallest absolute Gasteiger partial charge is 0.156 e. The minimum absolute atomic E-state index is 0.490. The number of aromatic nitrogens is 4. The van der Waals surface area contributed by atoms with E-state index in [0.29, 0.717) is 12.4 Å². The van der Waals surface area contributed by atoms with E-state index < -0.39 is 0 Å². The molecule has 0 radical (unpaired) electrons. The molecule has 0 fully saturated rings. The van der Waals surface area contributed by atoms with Crippen LogP contribution in [0.4, 0.5) is 5.82 Å². The Morgan fingerprint density at radius 1 is 0.931 bits per heavy atom. The lowest BCUT2D eigenvalue weighted by Crippen LogP contribution is -2.03. The molecule has 0 spiro atoms. The minimum atomic E-state index is 0.490. The Morgan fingerprint density at radius 2 is 1.83 bits per heavy atom. The maximum Gasteiger partial charge on any atom is 0.156 e. The van der Waals surface area contributed by atoms with Gasteiger partial charge in [-0.1, -0.05) is 41.6 Å². The van der Waals surface area contributed by atoms with Crippen molar-refractivity contribution in [2.75, 3.05) is 5.32 Å². The van der Waals surface area contributed by atoms with Gasteiger partial charge < -0.3 is 9.84 Å². The van der Waals surface area contributed by atoms with Gasteiger partial charge in [0.15, 0.2) is 5.76 Å². The summed E-state index contributed by atoms with van der Waals surface area (Å²) in [6, 6.07) is 20.0. The van der Waals surface area contributed by atoms with Crippen molar-refractivity contribution in [3.05, 3.63) is 77.8 Å². The topological polar surface area (TPSA) is 76.7 Å². The zero-order valence-corrected chi connectivity index (χ0v) is 16.5. The predicted molar refractivity (Wildman–Crippen MR) is 115 cm³/mol. The Morgan fingerprint density at radius 3 is 2.72 bits per heavy atom. The molecule has 0 bridgehead atoms. The first-order valence-corrected chi connectivity index (χ1v) is 10.1. The second kappa shape index (κ2) is 7.44. The lowest BCUT2D eigenvalue weighted by atomic mass is 10.1. The fraction of sp³-hybridized carbons (Fsp3) is 0.0909. The van der Waals surface area contributed by atoms with Crippen LogP contribution in [0.15, 0.2) is 70.7 Å². The number of nitrogens with one attached hydrogen (secondary N) is 1. The summed E-state index contributed by atoms with van der Waals surface area (Å²) in [6.07, 6.45) is 0. The fourth-order valence-corrected chi connectivity index (χ4v) is 3.86. The molecule has 0 saturated carbocycles. The predicted octanol–water partition coefficient (Wildman–Crippen LogP) is 5.33. The van der Waals surface area contributed by atoms with Crippen LogP contribution in [0.2, 0.25) is 0 Å². The summed E-state index contributed by atoms with van der Waals surface area (Å²) in [5, 5.41) is 7.47. The maximum absolute atomic E-state index is 5.46. The van der Waals surface area contributed by atoms with E-state index in [1.807, 2.05) is 67.0 Å². The number of anilines is 1. The first kappa shape index (κ1) is 17.5. The van der Waals surface area contributed by atoms with E-state index in [0.717, 1.165) is 44.3 Å². The van der Waals surface area contributed by atoms with Crippen molar-refractivity contribution < 1.29 is 4.52 Å². The highest BCUT2D eigenvalue weighted by Gasteiger charge is 2.09. The van der Waals surface area contributed by atoms with Crippen molar-refractivity contribution in [2.24, 2.45) is 0 Å². The molecule has 7 heteroatoms. The molecule has 5 rings (SSSR count). The summed E-state index contributed by atoms with van der Waals surface area (Å²) in [4.78, 5) is 13.4. The normalized spacial score (nSPS) is 11.1. The Balaban J connectivity index is 1.36. The molecule has 2 aromatic carbocycles. The van der Waals surface area contributed by atoms with Gasteiger partial charge in [0.25, 0.3) is 0 Å². The van der Waals surface area contributed by atoms with Crippen LogP contribution >= 0.6 is 11.3 Å². The van der Waals surface area contributed by atoms with Crippen molar-refractivity contribution in [1.82, 2.24) is 20.1 Å². The molecule has 3 heterocycles. The average molecular weight is 399 g/mol. The molecule has 5 aromatic rings. The van der Waals surface area contributed by atoms with E-state index in [1.165, 1.54) is 0 Å². The minimum Gasteiger partial charge on any atom is -0.363 e. The van der Waals surface area contributed by atoms with E-state index >= 15 is 0 Å². The van der Waals surface area contributed by atoms with Gasteiger partial charge in [0, 0.05) is 23.3 Å². The Labute approximate surface area is 171 Å². The molecule has 29 heavy (non-hydrogen) atoms. The number of nitrogens with zero attached hydrogens (tertiary/aromatic N) is 4. The van der Waals surface area contributed by atoms with E-state index in [9.17, 15) is 0 Å². The monoisotopic (exact) mass is 399 g/mol. The van der Waals surface area contributed by atoms with Crippen LogP contribution in [0.1, 0.15) is 11.6 Å². The molecule has 0 amide bonds. The molecule has 0 aliphatic heterocycles. The number of hydrogen-bond acceptors (Lipinski definition) is 7. The Bertz CT molecular complexity index is 1280. The molecule has 142 valence electrons.